The van der Waals surface area contributed by atoms with E-state index in [-0.39, 0.29) is 0 Å². The standard InChI is InChI=1S/C24H25N5O2S2/c1-4-14-29-23(27-28-24(29)32-15-13-25-33(3,30)31)20-16-22(18-11-9-17(2)10-12-18)26-21-8-6-5-7-19(20)21/h4-12,16,25H,1,13-15H2,2-3H3. The molecule has 0 saturated carbocycles. The molecule has 0 radical (unpaired) electrons. The van der Waals surface area contributed by atoms with E-state index in [1.165, 1.54) is 17.3 Å². The molecule has 33 heavy (non-hydrogen) atoms. The van der Waals surface area contributed by atoms with Gasteiger partial charge in [-0.05, 0) is 19.1 Å². The van der Waals surface area contributed by atoms with E-state index in [9.17, 15) is 8.42 Å². The fourth-order valence-electron chi connectivity index (χ4n) is 3.49. The van der Waals surface area contributed by atoms with Crippen LogP contribution < -0.4 is 4.72 Å². The van der Waals surface area contributed by atoms with Crippen LogP contribution in [0.5, 0.6) is 0 Å². The number of thioether (sulfide) groups is 1. The van der Waals surface area contributed by atoms with Gasteiger partial charge in [0.25, 0.3) is 0 Å². The van der Waals surface area contributed by atoms with E-state index >= 15 is 0 Å². The van der Waals surface area contributed by atoms with Gasteiger partial charge in [0.1, 0.15) is 0 Å². The number of aromatic nitrogens is 4. The first-order valence-electron chi connectivity index (χ1n) is 10.4. The molecule has 9 heteroatoms. The van der Waals surface area contributed by atoms with Crippen LogP contribution in [-0.2, 0) is 16.6 Å². The molecule has 0 bridgehead atoms. The average molecular weight is 480 g/mol. The molecule has 4 aromatic rings. The molecule has 0 unspecified atom stereocenters. The van der Waals surface area contributed by atoms with Crippen LogP contribution in [0, 0.1) is 6.92 Å². The van der Waals surface area contributed by atoms with Gasteiger partial charge in [0.2, 0.25) is 10.0 Å². The molecule has 2 aromatic carbocycles. The van der Waals surface area contributed by atoms with Crippen LogP contribution in [0.1, 0.15) is 5.56 Å². The van der Waals surface area contributed by atoms with Gasteiger partial charge in [0.05, 0.1) is 17.5 Å². The zero-order valence-corrected chi connectivity index (χ0v) is 20.2. The van der Waals surface area contributed by atoms with Gasteiger partial charge in [0.15, 0.2) is 11.0 Å². The number of rotatable bonds is 9. The average Bonchev–Trinajstić information content (AvgIpc) is 3.18. The Balaban J connectivity index is 1.76. The van der Waals surface area contributed by atoms with E-state index in [2.05, 4.69) is 58.8 Å². The van der Waals surface area contributed by atoms with E-state index in [4.69, 9.17) is 4.98 Å². The number of hydrogen-bond donors (Lipinski definition) is 1. The zero-order valence-electron chi connectivity index (χ0n) is 18.5. The van der Waals surface area contributed by atoms with Gasteiger partial charge >= 0.3 is 0 Å². The monoisotopic (exact) mass is 479 g/mol. The van der Waals surface area contributed by atoms with Crippen molar-refractivity contribution in [2.75, 3.05) is 18.6 Å². The van der Waals surface area contributed by atoms with Crippen molar-refractivity contribution in [1.29, 1.82) is 0 Å². The van der Waals surface area contributed by atoms with Crippen LogP contribution in [0.15, 0.2) is 72.4 Å². The maximum atomic E-state index is 11.3. The number of nitrogens with one attached hydrogen (secondary N) is 1. The third kappa shape index (κ3) is 5.50. The Bertz CT molecular complexity index is 1400. The quantitative estimate of drug-likeness (QED) is 0.219. The third-order valence-electron chi connectivity index (χ3n) is 5.03. The number of hydrogen-bond acceptors (Lipinski definition) is 6. The largest absolute Gasteiger partial charge is 0.298 e. The highest BCUT2D eigenvalue weighted by Crippen LogP contribution is 2.33. The number of pyridine rings is 1. The molecule has 4 rings (SSSR count). The normalized spacial score (nSPS) is 11.7. The van der Waals surface area contributed by atoms with Crippen molar-refractivity contribution in [3.8, 4) is 22.6 Å². The molecule has 2 aromatic heterocycles. The minimum atomic E-state index is -3.22. The predicted octanol–water partition coefficient (Wildman–Crippen LogP) is 4.30. The lowest BCUT2D eigenvalue weighted by Crippen LogP contribution is -2.24. The van der Waals surface area contributed by atoms with Gasteiger partial charge in [-0.2, -0.15) is 0 Å². The summed E-state index contributed by atoms with van der Waals surface area (Å²) in [6.07, 6.45) is 2.95. The Labute approximate surface area is 198 Å². The van der Waals surface area contributed by atoms with E-state index in [1.807, 2.05) is 28.8 Å². The SMILES string of the molecule is C=CCn1c(SCCNS(C)(=O)=O)nnc1-c1cc(-c2ccc(C)cc2)nc2ccccc12. The molecule has 170 valence electrons. The number of allylic oxidation sites excluding steroid dienone is 1. The van der Waals surface area contributed by atoms with E-state index in [0.717, 1.165) is 39.8 Å². The van der Waals surface area contributed by atoms with Gasteiger partial charge in [-0.1, -0.05) is 65.9 Å². The number of para-hydroxylation sites is 1. The second-order valence-corrected chi connectivity index (χ2v) is 10.6. The van der Waals surface area contributed by atoms with Gasteiger partial charge in [-0.25, -0.2) is 18.1 Å². The third-order valence-corrected chi connectivity index (χ3v) is 6.73. The molecule has 0 saturated heterocycles. The van der Waals surface area contributed by atoms with Crippen molar-refractivity contribution in [2.45, 2.75) is 18.6 Å². The minimum Gasteiger partial charge on any atom is -0.298 e. The van der Waals surface area contributed by atoms with Crippen LogP contribution in [0.3, 0.4) is 0 Å². The Hall–Kier alpha value is -3.01. The fourth-order valence-corrected chi connectivity index (χ4v) is 4.89. The molecule has 0 spiro atoms. The Kier molecular flexibility index (Phi) is 6.92. The number of benzene rings is 2. The maximum Gasteiger partial charge on any atom is 0.208 e. The Morgan fingerprint density at radius 1 is 1.12 bits per heavy atom. The number of nitrogens with zero attached hydrogens (tertiary/aromatic N) is 4. The summed E-state index contributed by atoms with van der Waals surface area (Å²) in [4.78, 5) is 4.88. The second-order valence-electron chi connectivity index (χ2n) is 7.66. The summed E-state index contributed by atoms with van der Waals surface area (Å²) in [5.74, 6) is 1.26. The summed E-state index contributed by atoms with van der Waals surface area (Å²) < 4.78 is 27.1. The van der Waals surface area contributed by atoms with Gasteiger partial charge in [0, 0.05) is 35.4 Å². The smallest absolute Gasteiger partial charge is 0.208 e. The summed E-state index contributed by atoms with van der Waals surface area (Å²) in [6, 6.07) is 18.3. The van der Waals surface area contributed by atoms with Gasteiger partial charge < -0.3 is 0 Å². The van der Waals surface area contributed by atoms with Crippen LogP contribution >= 0.6 is 11.8 Å². The summed E-state index contributed by atoms with van der Waals surface area (Å²) in [6.45, 7) is 6.79. The molecule has 1 N–H and O–H groups in total. The minimum absolute atomic E-state index is 0.315. The summed E-state index contributed by atoms with van der Waals surface area (Å²) in [7, 11) is -3.22. The predicted molar refractivity (Wildman–Crippen MR) is 135 cm³/mol. The van der Waals surface area contributed by atoms with Crippen LogP contribution in [0.25, 0.3) is 33.5 Å². The molecule has 0 aliphatic carbocycles. The van der Waals surface area contributed by atoms with Gasteiger partial charge in [-0.3, -0.25) is 4.57 Å². The highest BCUT2D eigenvalue weighted by Gasteiger charge is 2.18. The Morgan fingerprint density at radius 2 is 1.88 bits per heavy atom. The molecule has 0 aliphatic rings. The summed E-state index contributed by atoms with van der Waals surface area (Å²) in [5, 5.41) is 10.6. The van der Waals surface area contributed by atoms with Crippen molar-refractivity contribution >= 4 is 32.7 Å². The van der Waals surface area contributed by atoms with Crippen LogP contribution in [-0.4, -0.2) is 46.7 Å². The van der Waals surface area contributed by atoms with Gasteiger partial charge in [-0.15, -0.1) is 16.8 Å². The van der Waals surface area contributed by atoms with Crippen molar-refractivity contribution in [3.05, 3.63) is 72.8 Å². The topological polar surface area (TPSA) is 89.8 Å². The second kappa shape index (κ2) is 9.86. The van der Waals surface area contributed by atoms with E-state index < -0.39 is 10.0 Å². The first kappa shape index (κ1) is 23.2. The summed E-state index contributed by atoms with van der Waals surface area (Å²) >= 11 is 1.45. The number of aryl methyl sites for hydroxylation is 1. The highest BCUT2D eigenvalue weighted by molar-refractivity contribution is 7.99. The zero-order chi connectivity index (χ0) is 23.4. The van der Waals surface area contributed by atoms with Crippen molar-refractivity contribution in [2.24, 2.45) is 0 Å². The maximum absolute atomic E-state index is 11.3. The molecular formula is C24H25N5O2S2. The van der Waals surface area contributed by atoms with Crippen LogP contribution in [0.2, 0.25) is 0 Å². The number of fused-ring (bicyclic) bond motifs is 1. The molecule has 0 aliphatic heterocycles. The summed E-state index contributed by atoms with van der Waals surface area (Å²) in [5.41, 5.74) is 4.90. The van der Waals surface area contributed by atoms with Crippen molar-refractivity contribution in [3.63, 3.8) is 0 Å². The van der Waals surface area contributed by atoms with Crippen molar-refractivity contribution in [1.82, 2.24) is 24.5 Å². The molecule has 2 heterocycles. The lowest BCUT2D eigenvalue weighted by Gasteiger charge is -2.12. The number of sulfonamides is 1. The molecule has 7 nitrogen and oxygen atoms in total. The lowest BCUT2D eigenvalue weighted by molar-refractivity contribution is 0.590. The molecule has 0 fully saturated rings. The fraction of sp³-hybridized carbons (Fsp3) is 0.208. The first-order valence-corrected chi connectivity index (χ1v) is 13.3. The van der Waals surface area contributed by atoms with Crippen molar-refractivity contribution < 1.29 is 8.42 Å². The Morgan fingerprint density at radius 3 is 2.61 bits per heavy atom. The van der Waals surface area contributed by atoms with Crippen LogP contribution in [0.4, 0.5) is 0 Å². The molecule has 0 atom stereocenters. The van der Waals surface area contributed by atoms with E-state index in [0.29, 0.717) is 24.0 Å². The molecular weight excluding hydrogens is 454 g/mol. The lowest BCUT2D eigenvalue weighted by atomic mass is 10.0. The highest BCUT2D eigenvalue weighted by atomic mass is 32.2. The first-order chi connectivity index (χ1) is 15.9. The van der Waals surface area contributed by atoms with E-state index in [1.54, 1.807) is 6.08 Å². The molecule has 0 amide bonds.